The molecular formula is C27H29N3O4S2. The molecule has 0 aliphatic carbocycles. The molecule has 1 unspecified atom stereocenters. The van der Waals surface area contributed by atoms with Gasteiger partial charge in [0.05, 0.1) is 17.5 Å². The Balaban J connectivity index is 0.000000392. The Kier molecular flexibility index (Phi) is 9.86. The van der Waals surface area contributed by atoms with Crippen LogP contribution < -0.4 is 10.2 Å². The molecule has 2 aliphatic rings. The van der Waals surface area contributed by atoms with E-state index in [0.717, 1.165) is 30.1 Å². The molecule has 0 amide bonds. The third-order valence-corrected chi connectivity index (χ3v) is 7.04. The summed E-state index contributed by atoms with van der Waals surface area (Å²) in [6.07, 6.45) is 8.82. The van der Waals surface area contributed by atoms with Crippen molar-refractivity contribution in [2.24, 2.45) is 0 Å². The van der Waals surface area contributed by atoms with E-state index in [4.69, 9.17) is 22.4 Å². The Morgan fingerprint density at radius 3 is 2.33 bits per heavy atom. The molecule has 36 heavy (non-hydrogen) atoms. The first-order valence-corrected chi connectivity index (χ1v) is 12.7. The molecule has 7 nitrogen and oxygen atoms in total. The number of carboxylic acids is 2. The molecule has 0 bridgehead atoms. The number of nitrogens with zero attached hydrogens (tertiary/aromatic N) is 2. The fraction of sp³-hybridized carbons (Fsp3) is 0.222. The highest BCUT2D eigenvalue weighted by atomic mass is 32.2. The fourth-order valence-electron chi connectivity index (χ4n) is 4.00. The molecule has 2 heterocycles. The third-order valence-electron chi connectivity index (χ3n) is 5.53. The van der Waals surface area contributed by atoms with E-state index in [1.54, 1.807) is 0 Å². The van der Waals surface area contributed by atoms with Crippen molar-refractivity contribution >= 4 is 52.3 Å². The van der Waals surface area contributed by atoms with Crippen molar-refractivity contribution in [2.75, 3.05) is 24.5 Å². The van der Waals surface area contributed by atoms with Crippen LogP contribution in [-0.4, -0.2) is 57.8 Å². The van der Waals surface area contributed by atoms with E-state index in [2.05, 4.69) is 83.2 Å². The van der Waals surface area contributed by atoms with Crippen LogP contribution in [0.2, 0.25) is 0 Å². The molecule has 0 saturated heterocycles. The van der Waals surface area contributed by atoms with Crippen molar-refractivity contribution in [3.63, 3.8) is 0 Å². The maximum atomic E-state index is 9.55. The van der Waals surface area contributed by atoms with Crippen molar-refractivity contribution in [2.45, 2.75) is 29.3 Å². The van der Waals surface area contributed by atoms with E-state index < -0.39 is 11.9 Å². The normalized spacial score (nSPS) is 14.9. The van der Waals surface area contributed by atoms with Gasteiger partial charge in [-0.2, -0.15) is 0 Å². The first-order valence-electron chi connectivity index (χ1n) is 11.5. The third kappa shape index (κ3) is 6.84. The highest BCUT2D eigenvalue weighted by Gasteiger charge is 2.32. The van der Waals surface area contributed by atoms with Gasteiger partial charge >= 0.3 is 11.9 Å². The van der Waals surface area contributed by atoms with Gasteiger partial charge in [0.2, 0.25) is 0 Å². The summed E-state index contributed by atoms with van der Waals surface area (Å²) in [7, 11) is 0. The predicted molar refractivity (Wildman–Crippen MR) is 148 cm³/mol. The second-order valence-corrected chi connectivity index (χ2v) is 9.44. The first-order chi connectivity index (χ1) is 17.3. The van der Waals surface area contributed by atoms with Gasteiger partial charge in [0.15, 0.2) is 0 Å². The molecule has 9 heteroatoms. The second kappa shape index (κ2) is 13.1. The van der Waals surface area contributed by atoms with E-state index in [9.17, 15) is 9.59 Å². The van der Waals surface area contributed by atoms with Crippen LogP contribution in [0.1, 0.15) is 18.9 Å². The number of thiocarbonyl (C=S) groups is 1. The number of anilines is 2. The molecule has 1 atom stereocenters. The van der Waals surface area contributed by atoms with E-state index >= 15 is 0 Å². The molecule has 2 aromatic carbocycles. The molecule has 2 aromatic rings. The number of fused-ring (bicyclic) bond motifs is 2. The number of rotatable bonds is 8. The van der Waals surface area contributed by atoms with Gasteiger partial charge in [-0.05, 0) is 30.7 Å². The Labute approximate surface area is 220 Å². The van der Waals surface area contributed by atoms with Crippen molar-refractivity contribution in [1.82, 2.24) is 10.2 Å². The van der Waals surface area contributed by atoms with Crippen LogP contribution in [0.4, 0.5) is 11.4 Å². The van der Waals surface area contributed by atoms with Crippen LogP contribution in [0.25, 0.3) is 0 Å². The Hall–Kier alpha value is -3.40. The number of aliphatic carboxylic acids is 2. The van der Waals surface area contributed by atoms with E-state index in [0.29, 0.717) is 24.9 Å². The summed E-state index contributed by atoms with van der Waals surface area (Å²) in [6.45, 7) is 8.71. The number of hydrogen-bond donors (Lipinski definition) is 3. The minimum atomic E-state index is -1.26. The maximum Gasteiger partial charge on any atom is 0.328 e. The van der Waals surface area contributed by atoms with Crippen molar-refractivity contribution in [1.29, 1.82) is 0 Å². The van der Waals surface area contributed by atoms with E-state index in [-0.39, 0.29) is 0 Å². The van der Waals surface area contributed by atoms with Crippen molar-refractivity contribution in [3.05, 3.63) is 85.0 Å². The fourth-order valence-corrected chi connectivity index (χ4v) is 5.26. The Bertz CT molecular complexity index is 1170. The number of para-hydroxylation sites is 1. The number of nitrogens with one attached hydrogen (secondary N) is 1. The van der Waals surface area contributed by atoms with Crippen molar-refractivity contribution < 1.29 is 19.8 Å². The van der Waals surface area contributed by atoms with Crippen LogP contribution in [0.5, 0.6) is 0 Å². The smallest absolute Gasteiger partial charge is 0.328 e. The Morgan fingerprint density at radius 2 is 1.72 bits per heavy atom. The summed E-state index contributed by atoms with van der Waals surface area (Å²) in [6, 6.07) is 15.3. The van der Waals surface area contributed by atoms with Crippen LogP contribution in [0.3, 0.4) is 0 Å². The summed E-state index contributed by atoms with van der Waals surface area (Å²) in [4.78, 5) is 27.5. The van der Waals surface area contributed by atoms with Gasteiger partial charge in [0, 0.05) is 47.1 Å². The standard InChI is InChI=1S/C23H25N3S2.C4H4O4/c1-3-13-24-23(27)17-11-12-21-19(16-17)26(18-9-5-6-10-20(18)28-21)22(4-2)25-14-7-8-15-25;5-3(6)1-2-4(7)8/h3,5-12,16,22H,1,4,13-15H2,2H3,(H,24,27);1-2H,(H,5,6)(H,7,8). The van der Waals surface area contributed by atoms with Gasteiger partial charge < -0.3 is 20.4 Å². The molecule has 0 spiro atoms. The summed E-state index contributed by atoms with van der Waals surface area (Å²) in [5, 5.41) is 18.9. The number of hydrogen-bond acceptors (Lipinski definition) is 6. The number of benzene rings is 2. The van der Waals surface area contributed by atoms with Gasteiger partial charge in [-0.25, -0.2) is 9.59 Å². The van der Waals surface area contributed by atoms with Crippen LogP contribution in [0, 0.1) is 0 Å². The zero-order chi connectivity index (χ0) is 26.1. The lowest BCUT2D eigenvalue weighted by Crippen LogP contribution is -2.46. The molecule has 4 rings (SSSR count). The highest BCUT2D eigenvalue weighted by molar-refractivity contribution is 7.99. The molecule has 2 aliphatic heterocycles. The molecule has 3 N–H and O–H groups in total. The summed E-state index contributed by atoms with van der Waals surface area (Å²) < 4.78 is 0. The van der Waals surface area contributed by atoms with Gasteiger partial charge in [-0.3, -0.25) is 4.90 Å². The Morgan fingerprint density at radius 1 is 1.08 bits per heavy atom. The monoisotopic (exact) mass is 523 g/mol. The predicted octanol–water partition coefficient (Wildman–Crippen LogP) is 5.06. The average Bonchev–Trinajstić information content (AvgIpc) is 3.41. The molecule has 0 saturated carbocycles. The van der Waals surface area contributed by atoms with Gasteiger partial charge in [-0.15, -0.1) is 6.58 Å². The van der Waals surface area contributed by atoms with Crippen molar-refractivity contribution in [3.8, 4) is 0 Å². The lowest BCUT2D eigenvalue weighted by Gasteiger charge is -2.42. The minimum absolute atomic E-state index is 0.306. The zero-order valence-corrected chi connectivity index (χ0v) is 21.6. The molecule has 0 radical (unpaired) electrons. The lowest BCUT2D eigenvalue weighted by atomic mass is 10.1. The molecular weight excluding hydrogens is 494 g/mol. The zero-order valence-electron chi connectivity index (χ0n) is 20.0. The number of carbonyl (C=O) groups is 2. The van der Waals surface area contributed by atoms with Crippen LogP contribution in [0.15, 0.2) is 89.2 Å². The van der Waals surface area contributed by atoms with E-state index in [1.165, 1.54) is 21.2 Å². The first kappa shape index (κ1) is 27.2. The van der Waals surface area contributed by atoms with Gasteiger partial charge in [0.25, 0.3) is 0 Å². The summed E-state index contributed by atoms with van der Waals surface area (Å²) >= 11 is 7.44. The highest BCUT2D eigenvalue weighted by Crippen LogP contribution is 2.50. The largest absolute Gasteiger partial charge is 0.478 e. The number of carboxylic acid groups (broad SMARTS) is 2. The molecule has 188 valence electrons. The maximum absolute atomic E-state index is 9.55. The topological polar surface area (TPSA) is 93.1 Å². The minimum Gasteiger partial charge on any atom is -0.478 e. The van der Waals surface area contributed by atoms with Crippen LogP contribution >= 0.6 is 24.0 Å². The van der Waals surface area contributed by atoms with Gasteiger partial charge in [-0.1, -0.05) is 67.3 Å². The SMILES string of the molecule is C=CCNC(=S)c1ccc2c(c1)N(C(CC)N1CC=CC1)c1ccccc1S2.O=C(O)C=CC(=O)O. The average molecular weight is 524 g/mol. The van der Waals surface area contributed by atoms with Crippen LogP contribution in [-0.2, 0) is 9.59 Å². The molecule has 0 aromatic heterocycles. The van der Waals surface area contributed by atoms with E-state index in [1.807, 2.05) is 17.8 Å². The summed E-state index contributed by atoms with van der Waals surface area (Å²) in [5.74, 6) is -2.51. The quantitative estimate of drug-likeness (QED) is 0.249. The second-order valence-electron chi connectivity index (χ2n) is 7.94. The summed E-state index contributed by atoms with van der Waals surface area (Å²) in [5.41, 5.74) is 3.57. The lowest BCUT2D eigenvalue weighted by molar-refractivity contribution is -0.134. The molecule has 0 fully saturated rings. The van der Waals surface area contributed by atoms with Gasteiger partial charge in [0.1, 0.15) is 4.99 Å².